The average Bonchev–Trinajstić information content (AvgIpc) is 2.73. The molecule has 0 saturated carbocycles. The highest BCUT2D eigenvalue weighted by atomic mass is 35.5. The monoisotopic (exact) mass is 428 g/mol. The summed E-state index contributed by atoms with van der Waals surface area (Å²) in [5, 5.41) is 12.5. The summed E-state index contributed by atoms with van der Waals surface area (Å²) in [6, 6.07) is 14.6. The van der Waals surface area contributed by atoms with Crippen molar-refractivity contribution in [2.24, 2.45) is 5.10 Å². The first-order chi connectivity index (χ1) is 14.5. The number of hydrogen-bond acceptors (Lipinski definition) is 7. The van der Waals surface area contributed by atoms with E-state index in [-0.39, 0.29) is 12.4 Å². The molecule has 0 atom stereocenters. The molecule has 154 valence electrons. The highest BCUT2D eigenvalue weighted by Gasteiger charge is 2.05. The Balaban J connectivity index is 1.50. The highest BCUT2D eigenvalue weighted by molar-refractivity contribution is 6.31. The number of amides is 1. The van der Waals surface area contributed by atoms with Crippen molar-refractivity contribution >= 4 is 29.5 Å². The van der Waals surface area contributed by atoms with Crippen LogP contribution in [0.4, 0.5) is 5.82 Å². The second kappa shape index (κ2) is 10.0. The number of halogens is 1. The van der Waals surface area contributed by atoms with Gasteiger partial charge in [-0.1, -0.05) is 41.9 Å². The van der Waals surface area contributed by atoms with Gasteiger partial charge >= 0.3 is 5.69 Å². The summed E-state index contributed by atoms with van der Waals surface area (Å²) in [7, 11) is 0. The van der Waals surface area contributed by atoms with Crippen molar-refractivity contribution in [3.63, 3.8) is 0 Å². The van der Waals surface area contributed by atoms with Crippen LogP contribution in [0.3, 0.4) is 0 Å². The third-order valence-electron chi connectivity index (χ3n) is 3.74. The second-order valence-corrected chi connectivity index (χ2v) is 6.36. The maximum atomic E-state index is 11.8. The third-order valence-corrected chi connectivity index (χ3v) is 4.11. The summed E-state index contributed by atoms with van der Waals surface area (Å²) in [5.41, 5.74) is 2.42. The summed E-state index contributed by atoms with van der Waals surface area (Å²) < 4.78 is 5.74. The fourth-order valence-corrected chi connectivity index (χ4v) is 2.50. The Bertz CT molecular complexity index is 1170. The van der Waals surface area contributed by atoms with Crippen LogP contribution >= 0.6 is 11.6 Å². The molecule has 11 heteroatoms. The van der Waals surface area contributed by atoms with E-state index in [4.69, 9.17) is 16.3 Å². The molecule has 0 bridgehead atoms. The molecule has 1 amide bonds. The quantitative estimate of drug-likeness (QED) is 0.314. The number of aromatic amines is 2. The number of carbonyl (C=O) groups excluding carboxylic acids is 1. The zero-order valence-electron chi connectivity index (χ0n) is 15.5. The molecule has 10 nitrogen and oxygen atoms in total. The van der Waals surface area contributed by atoms with E-state index in [1.54, 1.807) is 30.3 Å². The average molecular weight is 429 g/mol. The molecule has 0 saturated heterocycles. The molecule has 0 spiro atoms. The van der Waals surface area contributed by atoms with Gasteiger partial charge in [0.05, 0.1) is 12.8 Å². The Morgan fingerprint density at radius 1 is 1.20 bits per heavy atom. The number of rotatable bonds is 8. The molecule has 0 unspecified atom stereocenters. The number of nitrogens with zero attached hydrogens (tertiary/aromatic N) is 2. The molecule has 2 aromatic carbocycles. The molecule has 1 aromatic heterocycles. The Labute approximate surface area is 174 Å². The Morgan fingerprint density at radius 3 is 2.83 bits per heavy atom. The standard InChI is InChI=1S/C19H17ClN6O4/c20-15-7-2-1-5-13(15)11-30-14-6-3-4-12(8-14)9-22-24-16(27)10-21-17-18(28)23-19(29)26-25-17/h1-9H,10-11H2,(H,21,25)(H,24,27)(H2,23,26,28,29)/b22-9+. The van der Waals surface area contributed by atoms with E-state index >= 15 is 0 Å². The predicted octanol–water partition coefficient (Wildman–Crippen LogP) is 1.25. The van der Waals surface area contributed by atoms with Gasteiger partial charge in [0.25, 0.3) is 11.5 Å². The first kappa shape index (κ1) is 20.8. The highest BCUT2D eigenvalue weighted by Crippen LogP contribution is 2.19. The normalized spacial score (nSPS) is 10.7. The molecule has 0 aliphatic heterocycles. The fraction of sp³-hybridized carbons (Fsp3) is 0.105. The van der Waals surface area contributed by atoms with Gasteiger partial charge in [-0.25, -0.2) is 15.3 Å². The van der Waals surface area contributed by atoms with Crippen LogP contribution in [0, 0.1) is 0 Å². The van der Waals surface area contributed by atoms with Gasteiger partial charge < -0.3 is 10.1 Å². The Kier molecular flexibility index (Phi) is 6.95. The number of ether oxygens (including phenoxy) is 1. The van der Waals surface area contributed by atoms with Crippen LogP contribution in [0.25, 0.3) is 0 Å². The minimum absolute atomic E-state index is 0.183. The maximum Gasteiger partial charge on any atom is 0.342 e. The van der Waals surface area contributed by atoms with Crippen LogP contribution in [-0.4, -0.2) is 33.8 Å². The van der Waals surface area contributed by atoms with Crippen LogP contribution in [0.15, 0.2) is 63.2 Å². The topological polar surface area (TPSA) is 141 Å². The summed E-state index contributed by atoms with van der Waals surface area (Å²) in [5.74, 6) is -0.0721. The number of carbonyl (C=O) groups is 1. The van der Waals surface area contributed by atoms with E-state index < -0.39 is 17.2 Å². The smallest absolute Gasteiger partial charge is 0.342 e. The number of benzene rings is 2. The molecule has 0 fully saturated rings. The first-order valence-electron chi connectivity index (χ1n) is 8.72. The maximum absolute atomic E-state index is 11.8. The van der Waals surface area contributed by atoms with Crippen LogP contribution in [-0.2, 0) is 11.4 Å². The summed E-state index contributed by atoms with van der Waals surface area (Å²) >= 11 is 6.12. The molecule has 1 heterocycles. The van der Waals surface area contributed by atoms with Gasteiger partial charge in [0.15, 0.2) is 0 Å². The lowest BCUT2D eigenvalue weighted by Gasteiger charge is -2.08. The van der Waals surface area contributed by atoms with E-state index in [9.17, 15) is 14.4 Å². The lowest BCUT2D eigenvalue weighted by atomic mass is 10.2. The van der Waals surface area contributed by atoms with Gasteiger partial charge in [-0.15, -0.1) is 5.10 Å². The molecular weight excluding hydrogens is 412 g/mol. The van der Waals surface area contributed by atoms with E-state index in [1.807, 2.05) is 23.2 Å². The number of hydrazone groups is 1. The van der Waals surface area contributed by atoms with Gasteiger partial charge in [0, 0.05) is 10.6 Å². The minimum Gasteiger partial charge on any atom is -0.489 e. The van der Waals surface area contributed by atoms with Crippen LogP contribution < -0.4 is 26.7 Å². The molecule has 4 N–H and O–H groups in total. The molecule has 0 aliphatic carbocycles. The summed E-state index contributed by atoms with van der Waals surface area (Å²) in [4.78, 5) is 36.1. The van der Waals surface area contributed by atoms with E-state index in [2.05, 4.69) is 26.0 Å². The van der Waals surface area contributed by atoms with Crippen molar-refractivity contribution in [3.05, 3.63) is 85.5 Å². The number of aromatic nitrogens is 3. The van der Waals surface area contributed by atoms with Crippen molar-refractivity contribution in [3.8, 4) is 5.75 Å². The van der Waals surface area contributed by atoms with Crippen molar-refractivity contribution in [1.82, 2.24) is 20.6 Å². The zero-order valence-corrected chi connectivity index (χ0v) is 16.3. The van der Waals surface area contributed by atoms with Crippen LogP contribution in [0.5, 0.6) is 5.75 Å². The Morgan fingerprint density at radius 2 is 2.03 bits per heavy atom. The zero-order chi connectivity index (χ0) is 21.3. The molecule has 30 heavy (non-hydrogen) atoms. The third kappa shape index (κ3) is 6.04. The number of hydrogen-bond donors (Lipinski definition) is 4. The van der Waals surface area contributed by atoms with Crippen molar-refractivity contribution in [1.29, 1.82) is 0 Å². The molecule has 0 aliphatic rings. The van der Waals surface area contributed by atoms with Crippen LogP contribution in [0.2, 0.25) is 5.02 Å². The molecule has 3 aromatic rings. The fourth-order valence-electron chi connectivity index (χ4n) is 2.31. The minimum atomic E-state index is -0.738. The number of nitrogens with one attached hydrogen (secondary N) is 4. The molecule has 0 radical (unpaired) electrons. The second-order valence-electron chi connectivity index (χ2n) is 5.95. The summed E-state index contributed by atoms with van der Waals surface area (Å²) in [6.45, 7) is 0.0566. The largest absolute Gasteiger partial charge is 0.489 e. The van der Waals surface area contributed by atoms with E-state index in [0.717, 1.165) is 5.56 Å². The van der Waals surface area contributed by atoms with Gasteiger partial charge in [-0.05, 0) is 23.8 Å². The lowest BCUT2D eigenvalue weighted by molar-refractivity contribution is -0.119. The van der Waals surface area contributed by atoms with Crippen molar-refractivity contribution in [2.45, 2.75) is 6.61 Å². The SMILES string of the molecule is O=C(CNc1n[nH]c(=O)[nH]c1=O)N/N=C/c1cccc(OCc2ccccc2Cl)c1. The van der Waals surface area contributed by atoms with Gasteiger partial charge in [-0.2, -0.15) is 5.10 Å². The van der Waals surface area contributed by atoms with Gasteiger partial charge in [-0.3, -0.25) is 14.6 Å². The van der Waals surface area contributed by atoms with Crippen molar-refractivity contribution in [2.75, 3.05) is 11.9 Å². The molecule has 3 rings (SSSR count). The predicted molar refractivity (Wildman–Crippen MR) is 112 cm³/mol. The van der Waals surface area contributed by atoms with Crippen LogP contribution in [0.1, 0.15) is 11.1 Å². The van der Waals surface area contributed by atoms with Gasteiger partial charge in [0.2, 0.25) is 5.82 Å². The first-order valence-corrected chi connectivity index (χ1v) is 9.10. The number of anilines is 1. The molecular formula is C19H17ClN6O4. The van der Waals surface area contributed by atoms with E-state index in [1.165, 1.54) is 6.21 Å². The van der Waals surface area contributed by atoms with Crippen molar-refractivity contribution < 1.29 is 9.53 Å². The lowest BCUT2D eigenvalue weighted by Crippen LogP contribution is -2.31. The summed E-state index contributed by atoms with van der Waals surface area (Å²) in [6.07, 6.45) is 1.45. The van der Waals surface area contributed by atoms with E-state index in [0.29, 0.717) is 22.9 Å². The number of H-pyrrole nitrogens is 2. The Hall–Kier alpha value is -3.92. The van der Waals surface area contributed by atoms with Gasteiger partial charge in [0.1, 0.15) is 12.4 Å².